The zero-order chi connectivity index (χ0) is 21.1. The Morgan fingerprint density at radius 2 is 1.67 bits per heavy atom. The van der Waals surface area contributed by atoms with Crippen molar-refractivity contribution in [2.45, 2.75) is 69.4 Å². The Balaban J connectivity index is 1.28. The number of rotatable bonds is 6. The summed E-state index contributed by atoms with van der Waals surface area (Å²) >= 11 is 0. The summed E-state index contributed by atoms with van der Waals surface area (Å²) in [7, 11) is 0. The Bertz CT molecular complexity index is 833. The van der Waals surface area contributed by atoms with Gasteiger partial charge in [-0.25, -0.2) is 9.18 Å². The number of hydrogen-bond acceptors (Lipinski definition) is 3. The normalized spacial score (nSPS) is 30.7. The first-order valence-electron chi connectivity index (χ1n) is 10.9. The number of piperidine rings is 1. The van der Waals surface area contributed by atoms with Gasteiger partial charge < -0.3 is 15.0 Å². The Labute approximate surface area is 178 Å². The molecule has 1 saturated heterocycles. The fourth-order valence-corrected chi connectivity index (χ4v) is 4.87. The zero-order valence-electron chi connectivity index (χ0n) is 17.8. The fourth-order valence-electron chi connectivity index (χ4n) is 4.87. The second kappa shape index (κ2) is 8.76. The second-order valence-electron chi connectivity index (χ2n) is 8.94. The molecule has 2 aromatic carbocycles. The molecule has 2 aromatic rings. The molecule has 30 heavy (non-hydrogen) atoms. The second-order valence-corrected chi connectivity index (χ2v) is 8.94. The summed E-state index contributed by atoms with van der Waals surface area (Å²) in [4.78, 5) is 14.3. The van der Waals surface area contributed by atoms with Crippen molar-refractivity contribution in [3.05, 3.63) is 71.8 Å². The fraction of sp³-hybridized carbons (Fsp3) is 0.480. The van der Waals surface area contributed by atoms with Crippen LogP contribution in [0.25, 0.3) is 0 Å². The molecule has 1 aliphatic heterocycles. The summed E-state index contributed by atoms with van der Waals surface area (Å²) in [6.45, 7) is 4.40. The molecule has 5 heteroatoms. The minimum absolute atomic E-state index is 0.201. The number of alkyl halides is 1. The van der Waals surface area contributed by atoms with Crippen LogP contribution >= 0.6 is 0 Å². The first-order valence-corrected chi connectivity index (χ1v) is 10.9. The minimum atomic E-state index is -1.31. The first-order chi connectivity index (χ1) is 14.5. The first kappa shape index (κ1) is 20.9. The Morgan fingerprint density at radius 1 is 1.07 bits per heavy atom. The van der Waals surface area contributed by atoms with Gasteiger partial charge in [0.25, 0.3) is 0 Å². The Kier molecular flexibility index (Phi) is 6.09. The quantitative estimate of drug-likeness (QED) is 0.725. The minimum Gasteiger partial charge on any atom is -0.445 e. The molecule has 160 valence electrons. The zero-order valence-corrected chi connectivity index (χ0v) is 17.8. The van der Waals surface area contributed by atoms with E-state index in [1.807, 2.05) is 50.2 Å². The molecule has 1 heterocycles. The van der Waals surface area contributed by atoms with E-state index in [0.29, 0.717) is 31.3 Å². The lowest BCUT2D eigenvalue weighted by Gasteiger charge is -2.45. The van der Waals surface area contributed by atoms with E-state index in [1.54, 1.807) is 4.90 Å². The maximum absolute atomic E-state index is 15.6. The summed E-state index contributed by atoms with van der Waals surface area (Å²) in [6.07, 6.45) is 1.35. The van der Waals surface area contributed by atoms with E-state index in [9.17, 15) is 4.79 Å². The summed E-state index contributed by atoms with van der Waals surface area (Å²) in [5.41, 5.74) is 0.962. The largest absolute Gasteiger partial charge is 0.445 e. The van der Waals surface area contributed by atoms with Crippen LogP contribution in [-0.4, -0.2) is 41.3 Å². The van der Waals surface area contributed by atoms with E-state index in [4.69, 9.17) is 4.74 Å². The average molecular weight is 411 g/mol. The number of hydrogen-bond donors (Lipinski definition) is 1. The van der Waals surface area contributed by atoms with Crippen LogP contribution in [0.3, 0.4) is 0 Å². The smallest absolute Gasteiger partial charge is 0.410 e. The van der Waals surface area contributed by atoms with Crippen LogP contribution in [0.4, 0.5) is 9.18 Å². The van der Waals surface area contributed by atoms with Crippen molar-refractivity contribution in [1.29, 1.82) is 0 Å². The monoisotopic (exact) mass is 410 g/mol. The van der Waals surface area contributed by atoms with Crippen LogP contribution in [0.15, 0.2) is 60.7 Å². The van der Waals surface area contributed by atoms with Crippen LogP contribution in [-0.2, 0) is 11.3 Å². The van der Waals surface area contributed by atoms with E-state index in [2.05, 4.69) is 29.6 Å². The van der Waals surface area contributed by atoms with Gasteiger partial charge in [-0.1, -0.05) is 60.7 Å². The molecule has 4 nitrogen and oxygen atoms in total. The van der Waals surface area contributed by atoms with E-state index >= 15 is 4.39 Å². The summed E-state index contributed by atoms with van der Waals surface area (Å²) in [5.74, 6) is 0.484. The molecule has 1 N–H and O–H groups in total. The molecule has 4 unspecified atom stereocenters. The number of halogens is 1. The lowest BCUT2D eigenvalue weighted by molar-refractivity contribution is -0.0121. The van der Waals surface area contributed by atoms with Gasteiger partial charge in [0, 0.05) is 43.4 Å². The molecule has 0 aromatic heterocycles. The van der Waals surface area contributed by atoms with Gasteiger partial charge in [-0.3, -0.25) is 0 Å². The van der Waals surface area contributed by atoms with Crippen LogP contribution in [0, 0.1) is 0 Å². The van der Waals surface area contributed by atoms with Crippen LogP contribution in [0.2, 0.25) is 0 Å². The number of ether oxygens (including phenoxy) is 1. The van der Waals surface area contributed by atoms with Crippen molar-refractivity contribution in [3.63, 3.8) is 0 Å². The molecule has 0 spiro atoms. The number of nitrogens with one attached hydrogen (secondary N) is 1. The Hall–Kier alpha value is -2.40. The summed E-state index contributed by atoms with van der Waals surface area (Å²) in [6, 6.07) is 20.0. The highest BCUT2D eigenvalue weighted by atomic mass is 19.1. The van der Waals surface area contributed by atoms with Gasteiger partial charge in [-0.15, -0.1) is 0 Å². The van der Waals surface area contributed by atoms with Gasteiger partial charge >= 0.3 is 6.09 Å². The van der Waals surface area contributed by atoms with Crippen LogP contribution in [0.1, 0.15) is 50.2 Å². The van der Waals surface area contributed by atoms with Gasteiger partial charge in [0.2, 0.25) is 0 Å². The van der Waals surface area contributed by atoms with Crippen LogP contribution in [0.5, 0.6) is 0 Å². The summed E-state index contributed by atoms with van der Waals surface area (Å²) in [5, 5.41) is 3.44. The molecule has 0 radical (unpaired) electrons. The average Bonchev–Trinajstić information content (AvgIpc) is 3.51. The van der Waals surface area contributed by atoms with Gasteiger partial charge in [0.15, 0.2) is 0 Å². The molecule has 4 rings (SSSR count). The number of carbonyl (C=O) groups is 1. The molecule has 1 amide bonds. The third-order valence-corrected chi connectivity index (χ3v) is 6.39. The van der Waals surface area contributed by atoms with Crippen LogP contribution < -0.4 is 5.32 Å². The van der Waals surface area contributed by atoms with Gasteiger partial charge in [0.05, 0.1) is 0 Å². The number of carbonyl (C=O) groups excluding carboxylic acids is 1. The molecule has 2 aliphatic rings. The Morgan fingerprint density at radius 3 is 2.30 bits per heavy atom. The predicted molar refractivity (Wildman–Crippen MR) is 116 cm³/mol. The SMILES string of the molecule is CC1CC(F)(CNC2CC2c2ccccc2)CC(C)N1C(=O)OCc1ccccc1. The number of amides is 1. The molecule has 4 atom stereocenters. The lowest BCUT2D eigenvalue weighted by Crippen LogP contribution is -2.57. The third kappa shape index (κ3) is 4.84. The predicted octanol–water partition coefficient (Wildman–Crippen LogP) is 5.05. The van der Waals surface area contributed by atoms with Crippen molar-refractivity contribution >= 4 is 6.09 Å². The van der Waals surface area contributed by atoms with E-state index in [1.165, 1.54) is 5.56 Å². The van der Waals surface area contributed by atoms with Gasteiger partial charge in [0.1, 0.15) is 12.3 Å². The van der Waals surface area contributed by atoms with Crippen molar-refractivity contribution in [3.8, 4) is 0 Å². The summed E-state index contributed by atoms with van der Waals surface area (Å²) < 4.78 is 21.1. The van der Waals surface area contributed by atoms with Gasteiger partial charge in [-0.2, -0.15) is 0 Å². The maximum Gasteiger partial charge on any atom is 0.410 e. The van der Waals surface area contributed by atoms with E-state index in [-0.39, 0.29) is 24.8 Å². The highest BCUT2D eigenvalue weighted by Gasteiger charge is 2.46. The molecule has 2 fully saturated rings. The van der Waals surface area contributed by atoms with Crippen molar-refractivity contribution in [2.24, 2.45) is 0 Å². The number of nitrogens with zero attached hydrogens (tertiary/aromatic N) is 1. The molecular weight excluding hydrogens is 379 g/mol. The topological polar surface area (TPSA) is 41.6 Å². The maximum atomic E-state index is 15.6. The molecule has 1 aliphatic carbocycles. The van der Waals surface area contributed by atoms with Crippen molar-refractivity contribution in [1.82, 2.24) is 10.2 Å². The van der Waals surface area contributed by atoms with Crippen molar-refractivity contribution in [2.75, 3.05) is 6.54 Å². The molecule has 0 bridgehead atoms. The van der Waals surface area contributed by atoms with Gasteiger partial charge in [-0.05, 0) is 31.4 Å². The number of likely N-dealkylation sites (tertiary alicyclic amines) is 1. The highest BCUT2D eigenvalue weighted by molar-refractivity contribution is 5.68. The standard InChI is InChI=1S/C25H31FN2O2/c1-18-14-25(26,17-27-23-13-22(23)21-11-7-4-8-12-21)15-19(2)28(18)24(29)30-16-20-9-5-3-6-10-20/h3-12,18-19,22-23,27H,13-17H2,1-2H3. The third-order valence-electron chi connectivity index (χ3n) is 6.39. The van der Waals surface area contributed by atoms with E-state index in [0.717, 1.165) is 12.0 Å². The molecular formula is C25H31FN2O2. The van der Waals surface area contributed by atoms with E-state index < -0.39 is 5.67 Å². The molecule has 1 saturated carbocycles. The highest BCUT2D eigenvalue weighted by Crippen LogP contribution is 2.42. The lowest BCUT2D eigenvalue weighted by atomic mass is 9.84. The van der Waals surface area contributed by atoms with Crippen molar-refractivity contribution < 1.29 is 13.9 Å². The number of benzene rings is 2.